The van der Waals surface area contributed by atoms with E-state index in [0.717, 1.165) is 5.56 Å². The Bertz CT molecular complexity index is 1240. The summed E-state index contributed by atoms with van der Waals surface area (Å²) in [6, 6.07) is 14.6. The van der Waals surface area contributed by atoms with E-state index in [0.29, 0.717) is 23.7 Å². The van der Waals surface area contributed by atoms with E-state index in [1.54, 1.807) is 62.0 Å². The van der Waals surface area contributed by atoms with Crippen LogP contribution in [0.4, 0.5) is 0 Å². The lowest BCUT2D eigenvalue weighted by Crippen LogP contribution is -2.29. The Balaban J connectivity index is 1.83. The van der Waals surface area contributed by atoms with Crippen LogP contribution in [0.15, 0.2) is 72.6 Å². The van der Waals surface area contributed by atoms with Gasteiger partial charge in [-0.15, -0.1) is 0 Å². The fourth-order valence-corrected chi connectivity index (χ4v) is 4.15. The first kappa shape index (κ1) is 23.3. The molecule has 0 aliphatic carbocycles. The lowest BCUT2D eigenvalue weighted by molar-refractivity contribution is -0.140. The zero-order chi connectivity index (χ0) is 24.2. The number of halogens is 1. The molecular weight excluding hydrogens is 456 g/mol. The Kier molecular flexibility index (Phi) is 6.84. The molecule has 0 spiro atoms. The summed E-state index contributed by atoms with van der Waals surface area (Å²) in [6.07, 6.45) is 3.17. The molecule has 1 aliphatic heterocycles. The number of aliphatic hydroxyl groups is 1. The zero-order valence-corrected chi connectivity index (χ0v) is 19.5. The van der Waals surface area contributed by atoms with Crippen molar-refractivity contribution in [1.29, 1.82) is 0 Å². The standard InChI is InChI=1S/C26H23ClN2O5/c1-3-34-19-10-11-21(27)20(13-19)24(30)22-23(17-5-4-12-28-14-17)29(26(32)25(22)31)15-16-6-8-18(33-2)9-7-16/h4-14,23,30H,3,15H2,1-2H3/b24-22+. The monoisotopic (exact) mass is 478 g/mol. The van der Waals surface area contributed by atoms with Crippen molar-refractivity contribution in [2.75, 3.05) is 13.7 Å². The van der Waals surface area contributed by atoms with Gasteiger partial charge in [0.05, 0.1) is 30.4 Å². The van der Waals surface area contributed by atoms with E-state index in [-0.39, 0.29) is 28.5 Å². The molecule has 1 unspecified atom stereocenters. The van der Waals surface area contributed by atoms with Gasteiger partial charge in [-0.05, 0) is 54.4 Å². The molecule has 0 saturated carbocycles. The number of rotatable bonds is 7. The topological polar surface area (TPSA) is 89.0 Å². The second-order valence-corrected chi connectivity index (χ2v) is 8.04. The molecule has 1 aliphatic rings. The van der Waals surface area contributed by atoms with Crippen molar-refractivity contribution in [3.05, 3.63) is 94.3 Å². The predicted molar refractivity (Wildman–Crippen MR) is 128 cm³/mol. The Labute approximate surface area is 202 Å². The van der Waals surface area contributed by atoms with E-state index in [9.17, 15) is 14.7 Å². The van der Waals surface area contributed by atoms with E-state index in [1.165, 1.54) is 4.90 Å². The summed E-state index contributed by atoms with van der Waals surface area (Å²) in [4.78, 5) is 31.9. The fourth-order valence-electron chi connectivity index (χ4n) is 3.94. The quantitative estimate of drug-likeness (QED) is 0.299. The molecule has 1 atom stereocenters. The molecule has 174 valence electrons. The van der Waals surface area contributed by atoms with E-state index in [2.05, 4.69) is 4.98 Å². The predicted octanol–water partition coefficient (Wildman–Crippen LogP) is 4.76. The number of likely N-dealkylation sites (tertiary alicyclic amines) is 1. The van der Waals surface area contributed by atoms with Gasteiger partial charge in [-0.3, -0.25) is 14.6 Å². The van der Waals surface area contributed by atoms with Crippen molar-refractivity contribution in [3.8, 4) is 11.5 Å². The summed E-state index contributed by atoms with van der Waals surface area (Å²) in [5.74, 6) is -0.714. The molecule has 8 heteroatoms. The summed E-state index contributed by atoms with van der Waals surface area (Å²) in [7, 11) is 1.57. The van der Waals surface area contributed by atoms with Crippen LogP contribution in [0.25, 0.3) is 5.76 Å². The van der Waals surface area contributed by atoms with Gasteiger partial charge in [0.1, 0.15) is 17.3 Å². The van der Waals surface area contributed by atoms with Crippen LogP contribution in [0, 0.1) is 0 Å². The number of amides is 1. The minimum atomic E-state index is -0.845. The van der Waals surface area contributed by atoms with Gasteiger partial charge in [-0.25, -0.2) is 0 Å². The highest BCUT2D eigenvalue weighted by Crippen LogP contribution is 2.41. The van der Waals surface area contributed by atoms with Gasteiger partial charge in [0, 0.05) is 24.5 Å². The number of Topliss-reactive ketones (excluding diaryl/α,β-unsaturated/α-hetero) is 1. The van der Waals surface area contributed by atoms with E-state index in [4.69, 9.17) is 21.1 Å². The number of nitrogens with zero attached hydrogens (tertiary/aromatic N) is 2. The molecule has 1 fully saturated rings. The van der Waals surface area contributed by atoms with Crippen LogP contribution in [0.5, 0.6) is 11.5 Å². The second-order valence-electron chi connectivity index (χ2n) is 7.64. The second kappa shape index (κ2) is 9.97. The minimum absolute atomic E-state index is 0.0536. The molecule has 4 rings (SSSR count). The Hall–Kier alpha value is -3.84. The molecule has 1 saturated heterocycles. The third kappa shape index (κ3) is 4.47. The van der Waals surface area contributed by atoms with E-state index < -0.39 is 17.7 Å². The third-order valence-corrected chi connectivity index (χ3v) is 5.89. The number of hydrogen-bond acceptors (Lipinski definition) is 6. The summed E-state index contributed by atoms with van der Waals surface area (Å²) in [5.41, 5.74) is 1.55. The van der Waals surface area contributed by atoms with Crippen LogP contribution in [0.2, 0.25) is 5.02 Å². The molecule has 1 aromatic heterocycles. The third-order valence-electron chi connectivity index (χ3n) is 5.56. The molecular formula is C26H23ClN2O5. The number of benzene rings is 2. The van der Waals surface area contributed by atoms with Gasteiger partial charge < -0.3 is 19.5 Å². The van der Waals surface area contributed by atoms with Crippen molar-refractivity contribution in [2.45, 2.75) is 19.5 Å². The van der Waals surface area contributed by atoms with Gasteiger partial charge >= 0.3 is 0 Å². The number of carbonyl (C=O) groups is 2. The Morgan fingerprint density at radius 3 is 2.50 bits per heavy atom. The molecule has 7 nitrogen and oxygen atoms in total. The number of aromatic nitrogens is 1. The number of pyridine rings is 1. The Morgan fingerprint density at radius 1 is 1.12 bits per heavy atom. The average molecular weight is 479 g/mol. The van der Waals surface area contributed by atoms with Crippen molar-refractivity contribution in [3.63, 3.8) is 0 Å². The first-order valence-corrected chi connectivity index (χ1v) is 11.1. The Morgan fingerprint density at radius 2 is 1.85 bits per heavy atom. The number of ketones is 1. The largest absolute Gasteiger partial charge is 0.507 e. The van der Waals surface area contributed by atoms with Crippen LogP contribution in [0.1, 0.15) is 29.7 Å². The van der Waals surface area contributed by atoms with Gasteiger partial charge in [0.2, 0.25) is 0 Å². The van der Waals surface area contributed by atoms with E-state index >= 15 is 0 Å². The first-order chi connectivity index (χ1) is 16.4. The summed E-state index contributed by atoms with van der Waals surface area (Å²) < 4.78 is 10.7. The SMILES string of the molecule is CCOc1ccc(Cl)c(/C(O)=C2\C(=O)C(=O)N(Cc3ccc(OC)cc3)C2c2cccnc2)c1. The highest BCUT2D eigenvalue weighted by Gasteiger charge is 2.46. The van der Waals surface area contributed by atoms with Crippen LogP contribution in [0.3, 0.4) is 0 Å². The van der Waals surface area contributed by atoms with E-state index in [1.807, 2.05) is 19.1 Å². The number of hydrogen-bond donors (Lipinski definition) is 1. The number of carbonyl (C=O) groups excluding carboxylic acids is 2. The minimum Gasteiger partial charge on any atom is -0.507 e. The van der Waals surface area contributed by atoms with Gasteiger partial charge in [0.15, 0.2) is 0 Å². The number of methoxy groups -OCH3 is 1. The smallest absolute Gasteiger partial charge is 0.295 e. The maximum absolute atomic E-state index is 13.2. The number of aliphatic hydroxyl groups excluding tert-OH is 1. The lowest BCUT2D eigenvalue weighted by Gasteiger charge is -2.25. The normalized spacial score (nSPS) is 17.1. The van der Waals surface area contributed by atoms with Crippen LogP contribution >= 0.6 is 11.6 Å². The van der Waals surface area contributed by atoms with Crippen LogP contribution < -0.4 is 9.47 Å². The van der Waals surface area contributed by atoms with Gasteiger partial charge in [-0.2, -0.15) is 0 Å². The van der Waals surface area contributed by atoms with Crippen LogP contribution in [-0.2, 0) is 16.1 Å². The van der Waals surface area contributed by atoms with Crippen molar-refractivity contribution < 1.29 is 24.2 Å². The zero-order valence-electron chi connectivity index (χ0n) is 18.7. The first-order valence-electron chi connectivity index (χ1n) is 10.7. The molecule has 0 bridgehead atoms. The molecule has 2 aromatic carbocycles. The molecule has 1 N–H and O–H groups in total. The maximum atomic E-state index is 13.2. The maximum Gasteiger partial charge on any atom is 0.295 e. The summed E-state index contributed by atoms with van der Waals surface area (Å²) >= 11 is 6.36. The van der Waals surface area contributed by atoms with Crippen molar-refractivity contribution in [1.82, 2.24) is 9.88 Å². The molecule has 3 aromatic rings. The van der Waals surface area contributed by atoms with Gasteiger partial charge in [0.25, 0.3) is 11.7 Å². The molecule has 2 heterocycles. The molecule has 1 amide bonds. The van der Waals surface area contributed by atoms with Crippen molar-refractivity contribution >= 4 is 29.1 Å². The average Bonchev–Trinajstić information content (AvgIpc) is 3.11. The molecule has 0 radical (unpaired) electrons. The fraction of sp³-hybridized carbons (Fsp3) is 0.192. The highest BCUT2D eigenvalue weighted by atomic mass is 35.5. The highest BCUT2D eigenvalue weighted by molar-refractivity contribution is 6.47. The van der Waals surface area contributed by atoms with Crippen molar-refractivity contribution in [2.24, 2.45) is 0 Å². The number of ether oxygens (including phenoxy) is 2. The molecule has 34 heavy (non-hydrogen) atoms. The van der Waals surface area contributed by atoms with Gasteiger partial charge in [-0.1, -0.05) is 29.8 Å². The summed E-state index contributed by atoms with van der Waals surface area (Å²) in [5, 5.41) is 11.5. The summed E-state index contributed by atoms with van der Waals surface area (Å²) in [6.45, 7) is 2.41. The lowest BCUT2D eigenvalue weighted by atomic mass is 9.96. The van der Waals surface area contributed by atoms with Crippen LogP contribution in [-0.4, -0.2) is 40.4 Å².